The second-order valence-corrected chi connectivity index (χ2v) is 6.48. The molecule has 1 aliphatic rings. The van der Waals surface area contributed by atoms with Crippen LogP contribution in [-0.2, 0) is 17.6 Å². The summed E-state index contributed by atoms with van der Waals surface area (Å²) in [5.41, 5.74) is 0.948. The van der Waals surface area contributed by atoms with E-state index in [1.807, 2.05) is 29.2 Å². The lowest BCUT2D eigenvalue weighted by Gasteiger charge is -2.26. The van der Waals surface area contributed by atoms with Gasteiger partial charge in [0.1, 0.15) is 17.3 Å². The SMILES string of the molecule is COc1ccccc1Cc1nnc(CCC(=O)N2CCCCC2)c(=O)[nH]1. The molecular weight excluding hydrogens is 332 g/mol. The molecule has 1 aromatic carbocycles. The summed E-state index contributed by atoms with van der Waals surface area (Å²) in [6.45, 7) is 1.64. The first kappa shape index (κ1) is 18.1. The maximum atomic E-state index is 12.3. The fraction of sp³-hybridized carbons (Fsp3) is 0.474. The van der Waals surface area contributed by atoms with E-state index in [1.54, 1.807) is 7.11 Å². The van der Waals surface area contributed by atoms with Gasteiger partial charge >= 0.3 is 0 Å². The minimum atomic E-state index is -0.281. The molecule has 7 heteroatoms. The van der Waals surface area contributed by atoms with Crippen molar-refractivity contribution < 1.29 is 9.53 Å². The third-order valence-electron chi connectivity index (χ3n) is 4.65. The van der Waals surface area contributed by atoms with Gasteiger partial charge in [0.2, 0.25) is 5.91 Å². The molecule has 1 aromatic heterocycles. The van der Waals surface area contributed by atoms with Crippen LogP contribution in [0.4, 0.5) is 0 Å². The average Bonchev–Trinajstić information content (AvgIpc) is 2.68. The predicted molar refractivity (Wildman–Crippen MR) is 97.2 cm³/mol. The summed E-state index contributed by atoms with van der Waals surface area (Å²) < 4.78 is 5.31. The van der Waals surface area contributed by atoms with Gasteiger partial charge in [-0.15, -0.1) is 10.2 Å². The number of hydrogen-bond acceptors (Lipinski definition) is 5. The maximum absolute atomic E-state index is 12.3. The first-order chi connectivity index (χ1) is 12.7. The Kier molecular flexibility index (Phi) is 5.99. The Morgan fingerprint density at radius 1 is 1.19 bits per heavy atom. The Labute approximate surface area is 152 Å². The van der Waals surface area contributed by atoms with Crippen LogP contribution in [0.5, 0.6) is 5.75 Å². The Morgan fingerprint density at radius 3 is 2.69 bits per heavy atom. The van der Waals surface area contributed by atoms with Gasteiger partial charge < -0.3 is 14.6 Å². The van der Waals surface area contributed by atoms with Crippen molar-refractivity contribution in [3.8, 4) is 5.75 Å². The number of amides is 1. The highest BCUT2D eigenvalue weighted by molar-refractivity contribution is 5.76. The number of nitrogens with one attached hydrogen (secondary N) is 1. The molecule has 138 valence electrons. The van der Waals surface area contributed by atoms with Gasteiger partial charge in [-0.2, -0.15) is 0 Å². The van der Waals surface area contributed by atoms with E-state index in [9.17, 15) is 9.59 Å². The molecule has 0 spiro atoms. The van der Waals surface area contributed by atoms with Gasteiger partial charge in [-0.05, 0) is 25.3 Å². The lowest BCUT2D eigenvalue weighted by molar-refractivity contribution is -0.132. The van der Waals surface area contributed by atoms with E-state index < -0.39 is 0 Å². The maximum Gasteiger partial charge on any atom is 0.272 e. The number of methoxy groups -OCH3 is 1. The monoisotopic (exact) mass is 356 g/mol. The zero-order valence-electron chi connectivity index (χ0n) is 15.0. The molecule has 0 atom stereocenters. The summed E-state index contributed by atoms with van der Waals surface area (Å²) in [6, 6.07) is 7.58. The summed E-state index contributed by atoms with van der Waals surface area (Å²) in [5, 5.41) is 8.16. The third-order valence-corrected chi connectivity index (χ3v) is 4.65. The zero-order chi connectivity index (χ0) is 18.4. The van der Waals surface area contributed by atoms with Crippen LogP contribution >= 0.6 is 0 Å². The van der Waals surface area contributed by atoms with E-state index >= 15 is 0 Å². The Balaban J connectivity index is 1.62. The molecule has 26 heavy (non-hydrogen) atoms. The van der Waals surface area contributed by atoms with E-state index in [0.717, 1.165) is 37.2 Å². The highest BCUT2D eigenvalue weighted by atomic mass is 16.5. The highest BCUT2D eigenvalue weighted by Gasteiger charge is 2.17. The first-order valence-corrected chi connectivity index (χ1v) is 9.02. The molecule has 0 unspecified atom stereocenters. The van der Waals surface area contributed by atoms with Crippen molar-refractivity contribution in [2.24, 2.45) is 0 Å². The number of rotatable bonds is 6. The number of benzene rings is 1. The van der Waals surface area contributed by atoms with Crippen LogP contribution in [0, 0.1) is 0 Å². The number of H-pyrrole nitrogens is 1. The van der Waals surface area contributed by atoms with Crippen molar-refractivity contribution in [2.75, 3.05) is 20.2 Å². The summed E-state index contributed by atoms with van der Waals surface area (Å²) in [7, 11) is 1.61. The Hall–Kier alpha value is -2.70. The van der Waals surface area contributed by atoms with Gasteiger partial charge in [-0.1, -0.05) is 18.2 Å². The molecule has 1 amide bonds. The quantitative estimate of drug-likeness (QED) is 0.851. The van der Waals surface area contributed by atoms with E-state index in [4.69, 9.17) is 4.74 Å². The number of likely N-dealkylation sites (tertiary alicyclic amines) is 1. The van der Waals surface area contributed by atoms with Crippen LogP contribution in [0.15, 0.2) is 29.1 Å². The van der Waals surface area contributed by atoms with Crippen molar-refractivity contribution in [1.29, 1.82) is 0 Å². The molecule has 0 radical (unpaired) electrons. The molecule has 2 aromatic rings. The molecule has 7 nitrogen and oxygen atoms in total. The zero-order valence-corrected chi connectivity index (χ0v) is 15.0. The van der Waals surface area contributed by atoms with Crippen molar-refractivity contribution in [1.82, 2.24) is 20.1 Å². The fourth-order valence-corrected chi connectivity index (χ4v) is 3.19. The lowest BCUT2D eigenvalue weighted by Crippen LogP contribution is -2.36. The van der Waals surface area contributed by atoms with E-state index in [2.05, 4.69) is 15.2 Å². The second-order valence-electron chi connectivity index (χ2n) is 6.48. The Bertz CT molecular complexity index is 812. The van der Waals surface area contributed by atoms with Crippen LogP contribution in [0.3, 0.4) is 0 Å². The first-order valence-electron chi connectivity index (χ1n) is 9.02. The van der Waals surface area contributed by atoms with Gasteiger partial charge in [0.25, 0.3) is 5.56 Å². The van der Waals surface area contributed by atoms with Crippen LogP contribution < -0.4 is 10.3 Å². The van der Waals surface area contributed by atoms with Crippen LogP contribution in [-0.4, -0.2) is 46.2 Å². The number of ether oxygens (including phenoxy) is 1. The van der Waals surface area contributed by atoms with Crippen molar-refractivity contribution in [3.63, 3.8) is 0 Å². The summed E-state index contributed by atoms with van der Waals surface area (Å²) in [4.78, 5) is 29.1. The summed E-state index contributed by atoms with van der Waals surface area (Å²) in [5.74, 6) is 1.31. The standard InChI is InChI=1S/C19H24N4O3/c1-26-16-8-4-3-7-14(16)13-17-20-19(25)15(21-22-17)9-10-18(24)23-11-5-2-6-12-23/h3-4,7-8H,2,5-6,9-13H2,1H3,(H,20,22,25). The molecule has 1 fully saturated rings. The molecule has 1 aliphatic heterocycles. The third kappa shape index (κ3) is 4.47. The molecule has 3 rings (SSSR count). The molecular formula is C19H24N4O3. The van der Waals surface area contributed by atoms with Gasteiger partial charge in [0.15, 0.2) is 0 Å². The molecule has 0 bridgehead atoms. The number of hydrogen-bond donors (Lipinski definition) is 1. The number of nitrogens with zero attached hydrogens (tertiary/aromatic N) is 3. The minimum absolute atomic E-state index is 0.0870. The molecule has 0 aliphatic carbocycles. The number of carbonyl (C=O) groups is 1. The summed E-state index contributed by atoms with van der Waals surface area (Å²) in [6.07, 6.45) is 4.34. The topological polar surface area (TPSA) is 88.2 Å². The van der Waals surface area contributed by atoms with E-state index in [-0.39, 0.29) is 11.5 Å². The smallest absolute Gasteiger partial charge is 0.272 e. The van der Waals surface area contributed by atoms with Crippen molar-refractivity contribution in [3.05, 3.63) is 51.7 Å². The summed E-state index contributed by atoms with van der Waals surface area (Å²) >= 11 is 0. The van der Waals surface area contributed by atoms with Gasteiger partial charge in [-0.25, -0.2) is 0 Å². The minimum Gasteiger partial charge on any atom is -0.496 e. The number of aryl methyl sites for hydroxylation is 1. The average molecular weight is 356 g/mol. The largest absolute Gasteiger partial charge is 0.496 e. The molecule has 2 heterocycles. The molecule has 0 saturated carbocycles. The second kappa shape index (κ2) is 8.60. The lowest BCUT2D eigenvalue weighted by atomic mass is 10.1. The van der Waals surface area contributed by atoms with Gasteiger partial charge in [0.05, 0.1) is 7.11 Å². The van der Waals surface area contributed by atoms with Crippen molar-refractivity contribution >= 4 is 5.91 Å². The number of piperidine rings is 1. The number of aromatic nitrogens is 3. The van der Waals surface area contributed by atoms with E-state index in [0.29, 0.717) is 30.8 Å². The van der Waals surface area contributed by atoms with E-state index in [1.165, 1.54) is 6.42 Å². The number of aromatic amines is 1. The number of carbonyl (C=O) groups excluding carboxylic acids is 1. The van der Waals surface area contributed by atoms with Crippen LogP contribution in [0.25, 0.3) is 0 Å². The fourth-order valence-electron chi connectivity index (χ4n) is 3.19. The van der Waals surface area contributed by atoms with Crippen LogP contribution in [0.2, 0.25) is 0 Å². The predicted octanol–water partition coefficient (Wildman–Crippen LogP) is 1.71. The highest BCUT2D eigenvalue weighted by Crippen LogP contribution is 2.19. The van der Waals surface area contributed by atoms with Crippen molar-refractivity contribution in [2.45, 2.75) is 38.5 Å². The number of para-hydroxylation sites is 1. The molecule has 1 N–H and O–H groups in total. The van der Waals surface area contributed by atoms with Gasteiger partial charge in [0, 0.05) is 37.9 Å². The molecule has 1 saturated heterocycles. The normalized spacial score (nSPS) is 14.3. The van der Waals surface area contributed by atoms with Crippen LogP contribution in [0.1, 0.15) is 42.8 Å². The van der Waals surface area contributed by atoms with Gasteiger partial charge in [-0.3, -0.25) is 9.59 Å². The Morgan fingerprint density at radius 2 is 1.96 bits per heavy atom.